The minimum absolute atomic E-state index is 0.00922. The molecule has 5 heteroatoms. The Labute approximate surface area is 121 Å². The Kier molecular flexibility index (Phi) is 3.64. The van der Waals surface area contributed by atoms with Crippen LogP contribution in [-0.4, -0.2) is 10.2 Å². The Balaban J connectivity index is 1.73. The van der Waals surface area contributed by atoms with Gasteiger partial charge in [-0.25, -0.2) is 4.39 Å². The van der Waals surface area contributed by atoms with Crippen molar-refractivity contribution in [1.82, 2.24) is 10.2 Å². The number of anilines is 1. The monoisotopic (exact) mass is 283 g/mol. The van der Waals surface area contributed by atoms with E-state index in [9.17, 15) is 4.39 Å². The normalized spacial score (nSPS) is 12.1. The van der Waals surface area contributed by atoms with Crippen molar-refractivity contribution in [2.75, 3.05) is 5.32 Å². The Bertz CT molecular complexity index is 711. The quantitative estimate of drug-likeness (QED) is 0.784. The number of hydrogen-bond donors (Lipinski definition) is 1. The first-order valence-corrected chi connectivity index (χ1v) is 6.61. The smallest absolute Gasteiger partial charge is 0.247 e. The maximum absolute atomic E-state index is 13.2. The fourth-order valence-electron chi connectivity index (χ4n) is 2.12. The highest BCUT2D eigenvalue weighted by Crippen LogP contribution is 2.23. The number of halogens is 1. The van der Waals surface area contributed by atoms with Gasteiger partial charge in [-0.1, -0.05) is 12.1 Å². The molecule has 0 saturated carbocycles. The summed E-state index contributed by atoms with van der Waals surface area (Å²) >= 11 is 0. The van der Waals surface area contributed by atoms with E-state index in [1.807, 2.05) is 37.3 Å². The van der Waals surface area contributed by atoms with Crippen molar-refractivity contribution >= 4 is 5.69 Å². The van der Waals surface area contributed by atoms with Crippen LogP contribution < -0.4 is 5.32 Å². The van der Waals surface area contributed by atoms with Gasteiger partial charge in [-0.3, -0.25) is 0 Å². The van der Waals surface area contributed by atoms with E-state index in [0.717, 1.165) is 16.8 Å². The van der Waals surface area contributed by atoms with Crippen molar-refractivity contribution in [2.24, 2.45) is 0 Å². The third-order valence-electron chi connectivity index (χ3n) is 3.22. The Morgan fingerprint density at radius 1 is 1.14 bits per heavy atom. The summed E-state index contributed by atoms with van der Waals surface area (Å²) in [6.07, 6.45) is 1.30. The number of hydrogen-bond acceptors (Lipinski definition) is 4. The van der Waals surface area contributed by atoms with Crippen LogP contribution in [0.1, 0.15) is 18.5 Å². The second-order valence-corrected chi connectivity index (χ2v) is 4.74. The first-order valence-electron chi connectivity index (χ1n) is 6.61. The van der Waals surface area contributed by atoms with Gasteiger partial charge < -0.3 is 9.73 Å². The molecule has 21 heavy (non-hydrogen) atoms. The molecule has 1 atom stereocenters. The number of nitrogens with zero attached hydrogens (tertiary/aromatic N) is 2. The van der Waals surface area contributed by atoms with Gasteiger partial charge in [-0.15, -0.1) is 10.2 Å². The minimum atomic E-state index is -0.229. The summed E-state index contributed by atoms with van der Waals surface area (Å²) in [5.41, 5.74) is 2.70. The third kappa shape index (κ3) is 3.08. The molecule has 1 heterocycles. The first kappa shape index (κ1) is 13.3. The van der Waals surface area contributed by atoms with Crippen LogP contribution in [0.2, 0.25) is 0 Å². The maximum Gasteiger partial charge on any atom is 0.247 e. The van der Waals surface area contributed by atoms with Gasteiger partial charge in [-0.05, 0) is 48.9 Å². The van der Waals surface area contributed by atoms with Gasteiger partial charge in [0.05, 0.1) is 0 Å². The van der Waals surface area contributed by atoms with Crippen LogP contribution in [0.4, 0.5) is 10.1 Å². The van der Waals surface area contributed by atoms with Crippen molar-refractivity contribution in [3.8, 4) is 11.5 Å². The van der Waals surface area contributed by atoms with Crippen LogP contribution in [0.15, 0.2) is 59.3 Å². The van der Waals surface area contributed by atoms with Gasteiger partial charge in [0.1, 0.15) is 5.82 Å². The van der Waals surface area contributed by atoms with E-state index < -0.39 is 0 Å². The van der Waals surface area contributed by atoms with E-state index in [2.05, 4.69) is 15.5 Å². The fraction of sp³-hybridized carbons (Fsp3) is 0.125. The molecule has 0 radical (unpaired) electrons. The summed E-state index contributed by atoms with van der Waals surface area (Å²) in [5, 5.41) is 10.8. The van der Waals surface area contributed by atoms with E-state index in [4.69, 9.17) is 4.42 Å². The van der Waals surface area contributed by atoms with E-state index in [-0.39, 0.29) is 11.9 Å². The van der Waals surface area contributed by atoms with E-state index in [1.165, 1.54) is 18.5 Å². The summed E-state index contributed by atoms with van der Waals surface area (Å²) in [5.74, 6) is 0.257. The molecular weight excluding hydrogens is 269 g/mol. The van der Waals surface area contributed by atoms with E-state index in [0.29, 0.717) is 5.89 Å². The minimum Gasteiger partial charge on any atom is -0.423 e. The van der Waals surface area contributed by atoms with E-state index >= 15 is 0 Å². The lowest BCUT2D eigenvalue weighted by atomic mass is 10.1. The number of benzene rings is 2. The average Bonchev–Trinajstić information content (AvgIpc) is 3.02. The molecule has 0 aliphatic rings. The van der Waals surface area contributed by atoms with Crippen molar-refractivity contribution in [3.63, 3.8) is 0 Å². The lowest BCUT2D eigenvalue weighted by molar-refractivity contribution is 0.568. The highest BCUT2D eigenvalue weighted by atomic mass is 19.1. The predicted molar refractivity (Wildman–Crippen MR) is 78.2 cm³/mol. The second-order valence-electron chi connectivity index (χ2n) is 4.74. The van der Waals surface area contributed by atoms with E-state index in [1.54, 1.807) is 6.07 Å². The lowest BCUT2D eigenvalue weighted by Crippen LogP contribution is -2.06. The highest BCUT2D eigenvalue weighted by molar-refractivity contribution is 5.58. The summed E-state index contributed by atoms with van der Waals surface area (Å²) < 4.78 is 18.4. The zero-order valence-electron chi connectivity index (χ0n) is 11.5. The molecule has 1 unspecified atom stereocenters. The molecule has 106 valence electrons. The Morgan fingerprint density at radius 2 is 1.95 bits per heavy atom. The van der Waals surface area contributed by atoms with Crippen molar-refractivity contribution in [2.45, 2.75) is 13.0 Å². The summed E-state index contributed by atoms with van der Waals surface area (Å²) in [4.78, 5) is 0. The molecule has 3 aromatic rings. The number of aromatic nitrogens is 2. The zero-order valence-corrected chi connectivity index (χ0v) is 11.5. The molecule has 0 spiro atoms. The first-order chi connectivity index (χ1) is 10.2. The van der Waals surface area contributed by atoms with Crippen molar-refractivity contribution in [1.29, 1.82) is 0 Å². The van der Waals surface area contributed by atoms with Crippen LogP contribution in [0.5, 0.6) is 0 Å². The third-order valence-corrected chi connectivity index (χ3v) is 3.22. The second kappa shape index (κ2) is 5.75. The topological polar surface area (TPSA) is 51.0 Å². The molecule has 0 saturated heterocycles. The molecule has 2 aromatic carbocycles. The summed E-state index contributed by atoms with van der Waals surface area (Å²) in [6, 6.07) is 14.2. The standard InChI is InChI=1S/C16H14FN3O/c1-11(13-3-2-4-14(17)9-13)19-15-7-5-12(6-8-15)16-20-18-10-21-16/h2-11,19H,1H3. The fourth-order valence-corrected chi connectivity index (χ4v) is 2.12. The van der Waals surface area contributed by atoms with Crippen LogP contribution in [-0.2, 0) is 0 Å². The Morgan fingerprint density at radius 3 is 2.62 bits per heavy atom. The maximum atomic E-state index is 13.2. The molecular formula is C16H14FN3O. The van der Waals surface area contributed by atoms with Crippen LogP contribution in [0, 0.1) is 5.82 Å². The molecule has 0 bridgehead atoms. The van der Waals surface area contributed by atoms with Crippen LogP contribution in [0.25, 0.3) is 11.5 Å². The molecule has 0 aliphatic heterocycles. The van der Waals surface area contributed by atoms with Gasteiger partial charge >= 0.3 is 0 Å². The molecule has 0 amide bonds. The largest absolute Gasteiger partial charge is 0.423 e. The lowest BCUT2D eigenvalue weighted by Gasteiger charge is -2.16. The SMILES string of the molecule is CC(Nc1ccc(-c2nnco2)cc1)c1cccc(F)c1. The highest BCUT2D eigenvalue weighted by Gasteiger charge is 2.07. The van der Waals surface area contributed by atoms with Gasteiger partial charge in [0.15, 0.2) is 0 Å². The average molecular weight is 283 g/mol. The molecule has 0 fully saturated rings. The zero-order chi connectivity index (χ0) is 14.7. The molecule has 1 aromatic heterocycles. The summed E-state index contributed by atoms with van der Waals surface area (Å²) in [7, 11) is 0. The van der Waals surface area contributed by atoms with Crippen molar-refractivity contribution < 1.29 is 8.81 Å². The van der Waals surface area contributed by atoms with Gasteiger partial charge in [0.25, 0.3) is 0 Å². The predicted octanol–water partition coefficient (Wildman–Crippen LogP) is 4.05. The number of nitrogens with one attached hydrogen (secondary N) is 1. The van der Waals surface area contributed by atoms with Crippen LogP contribution in [0.3, 0.4) is 0 Å². The van der Waals surface area contributed by atoms with Crippen LogP contribution >= 0.6 is 0 Å². The summed E-state index contributed by atoms with van der Waals surface area (Å²) in [6.45, 7) is 1.99. The van der Waals surface area contributed by atoms with Gasteiger partial charge in [0.2, 0.25) is 12.3 Å². The van der Waals surface area contributed by atoms with Gasteiger partial charge in [-0.2, -0.15) is 0 Å². The molecule has 1 N–H and O–H groups in total. The molecule has 0 aliphatic carbocycles. The number of rotatable bonds is 4. The van der Waals surface area contributed by atoms with Gasteiger partial charge in [0, 0.05) is 17.3 Å². The van der Waals surface area contributed by atoms with Crippen molar-refractivity contribution in [3.05, 3.63) is 66.3 Å². The molecule has 3 rings (SSSR count). The Hall–Kier alpha value is -2.69. The molecule has 4 nitrogen and oxygen atoms in total.